The van der Waals surface area contributed by atoms with Crippen LogP contribution in [0.15, 0.2) is 60.0 Å². The number of likely N-dealkylation sites (tertiary alicyclic amines) is 1. The molecule has 3 aromatic rings. The maximum atomic E-state index is 13.2. The van der Waals surface area contributed by atoms with Crippen molar-refractivity contribution >= 4 is 28.8 Å². The largest absolute Gasteiger partial charge is 0.366 e. The number of hydrogen-bond acceptors (Lipinski definition) is 7. The van der Waals surface area contributed by atoms with Crippen LogP contribution in [0, 0.1) is 0 Å². The van der Waals surface area contributed by atoms with E-state index in [2.05, 4.69) is 47.5 Å². The Hall–Kier alpha value is -3.78. The van der Waals surface area contributed by atoms with Crippen LogP contribution in [0.25, 0.3) is 11.1 Å². The molecule has 0 aliphatic carbocycles. The number of pyridine rings is 2. The van der Waals surface area contributed by atoms with Gasteiger partial charge in [-0.3, -0.25) is 19.7 Å². The van der Waals surface area contributed by atoms with Crippen molar-refractivity contribution in [2.24, 2.45) is 4.99 Å². The molecule has 3 aliphatic heterocycles. The standard InChI is InChI=1S/C27H29N7O/c35-27(32-22-5-7-25(29-16-22)34-10-1-2-11-34)26-23-13-20(4-6-24(23)30-18-31-26)21-12-19(14-28-15-21)17-33-8-3-9-33/h4-7,12-16,30H,1-3,8-11,17-18H2,(H,32,35). The Morgan fingerprint density at radius 2 is 1.83 bits per heavy atom. The normalized spacial score (nSPS) is 17.3. The van der Waals surface area contributed by atoms with Gasteiger partial charge in [0.25, 0.3) is 5.91 Å². The maximum Gasteiger partial charge on any atom is 0.274 e. The fraction of sp³-hybridized carbons (Fsp3) is 0.333. The average Bonchev–Trinajstić information content (AvgIpc) is 3.41. The average molecular weight is 468 g/mol. The van der Waals surface area contributed by atoms with Crippen LogP contribution in [0.1, 0.15) is 30.4 Å². The molecule has 0 saturated carbocycles. The number of fused-ring (bicyclic) bond motifs is 1. The summed E-state index contributed by atoms with van der Waals surface area (Å²) in [5.74, 6) is 0.727. The van der Waals surface area contributed by atoms with Gasteiger partial charge in [-0.05, 0) is 73.8 Å². The first kappa shape index (κ1) is 21.7. The number of nitrogens with one attached hydrogen (secondary N) is 2. The SMILES string of the molecule is O=C(Nc1ccc(N2CCCC2)nc1)C1=NCNc2ccc(-c3cncc(CN4CCC4)c3)cc21. The molecule has 2 aromatic heterocycles. The third-order valence-electron chi connectivity index (χ3n) is 6.92. The summed E-state index contributed by atoms with van der Waals surface area (Å²) in [4.78, 5) is 31.4. The number of nitrogens with zero attached hydrogens (tertiary/aromatic N) is 5. The van der Waals surface area contributed by atoms with Crippen molar-refractivity contribution in [3.05, 3.63) is 66.1 Å². The van der Waals surface area contributed by atoms with Gasteiger partial charge in [0.05, 0.1) is 11.9 Å². The lowest BCUT2D eigenvalue weighted by Crippen LogP contribution is -2.36. The summed E-state index contributed by atoms with van der Waals surface area (Å²) in [5, 5.41) is 6.25. The molecular weight excluding hydrogens is 438 g/mol. The smallest absolute Gasteiger partial charge is 0.274 e. The van der Waals surface area contributed by atoms with Crippen molar-refractivity contribution in [3.8, 4) is 11.1 Å². The van der Waals surface area contributed by atoms with E-state index in [-0.39, 0.29) is 5.91 Å². The molecule has 0 bridgehead atoms. The first-order valence-electron chi connectivity index (χ1n) is 12.3. The molecule has 2 N–H and O–H groups in total. The molecule has 35 heavy (non-hydrogen) atoms. The second kappa shape index (κ2) is 9.46. The number of hydrogen-bond donors (Lipinski definition) is 2. The Kier molecular flexibility index (Phi) is 5.88. The van der Waals surface area contributed by atoms with Gasteiger partial charge in [-0.2, -0.15) is 0 Å². The summed E-state index contributed by atoms with van der Waals surface area (Å²) in [6.45, 7) is 5.68. The number of benzene rings is 1. The van der Waals surface area contributed by atoms with E-state index in [1.54, 1.807) is 6.20 Å². The molecule has 2 saturated heterocycles. The summed E-state index contributed by atoms with van der Waals surface area (Å²) >= 11 is 0. The van der Waals surface area contributed by atoms with Crippen LogP contribution in [0.5, 0.6) is 0 Å². The molecule has 6 rings (SSSR count). The Labute approximate surface area is 205 Å². The number of amides is 1. The van der Waals surface area contributed by atoms with E-state index < -0.39 is 0 Å². The zero-order valence-electron chi connectivity index (χ0n) is 19.7. The van der Waals surface area contributed by atoms with Crippen LogP contribution in [0.3, 0.4) is 0 Å². The lowest BCUT2D eigenvalue weighted by Gasteiger charge is -2.30. The molecule has 5 heterocycles. The topological polar surface area (TPSA) is 85.8 Å². The Bertz CT molecular complexity index is 1260. The van der Waals surface area contributed by atoms with Crippen molar-refractivity contribution in [3.63, 3.8) is 0 Å². The highest BCUT2D eigenvalue weighted by Gasteiger charge is 2.22. The summed E-state index contributed by atoms with van der Waals surface area (Å²) < 4.78 is 0. The second-order valence-electron chi connectivity index (χ2n) is 9.37. The van der Waals surface area contributed by atoms with E-state index in [0.29, 0.717) is 18.1 Å². The van der Waals surface area contributed by atoms with Gasteiger partial charge in [0, 0.05) is 48.8 Å². The van der Waals surface area contributed by atoms with Crippen LogP contribution in [0.4, 0.5) is 17.2 Å². The maximum absolute atomic E-state index is 13.2. The fourth-order valence-corrected chi connectivity index (χ4v) is 4.87. The Morgan fingerprint density at radius 1 is 0.943 bits per heavy atom. The van der Waals surface area contributed by atoms with Gasteiger partial charge < -0.3 is 15.5 Å². The highest BCUT2D eigenvalue weighted by molar-refractivity contribution is 6.50. The predicted octanol–water partition coefficient (Wildman–Crippen LogP) is 3.76. The van der Waals surface area contributed by atoms with Crippen LogP contribution in [-0.4, -0.2) is 59.3 Å². The van der Waals surface area contributed by atoms with E-state index in [4.69, 9.17) is 0 Å². The van der Waals surface area contributed by atoms with Crippen molar-refractivity contribution < 1.29 is 4.79 Å². The van der Waals surface area contributed by atoms with Gasteiger partial charge >= 0.3 is 0 Å². The number of anilines is 3. The molecule has 0 spiro atoms. The molecule has 2 fully saturated rings. The van der Waals surface area contributed by atoms with Gasteiger partial charge in [-0.15, -0.1) is 0 Å². The van der Waals surface area contributed by atoms with E-state index in [1.807, 2.05) is 36.7 Å². The predicted molar refractivity (Wildman–Crippen MR) is 139 cm³/mol. The number of carbonyl (C=O) groups is 1. The number of aliphatic imine (C=N–C) groups is 1. The first-order valence-corrected chi connectivity index (χ1v) is 12.3. The van der Waals surface area contributed by atoms with Gasteiger partial charge in [0.15, 0.2) is 0 Å². The van der Waals surface area contributed by atoms with Crippen molar-refractivity contribution in [2.75, 3.05) is 48.4 Å². The van der Waals surface area contributed by atoms with Gasteiger partial charge in [0.1, 0.15) is 18.2 Å². The highest BCUT2D eigenvalue weighted by Crippen LogP contribution is 2.29. The molecule has 178 valence electrons. The molecule has 0 unspecified atom stereocenters. The number of aromatic nitrogens is 2. The molecule has 8 heteroatoms. The van der Waals surface area contributed by atoms with Crippen LogP contribution >= 0.6 is 0 Å². The quantitative estimate of drug-likeness (QED) is 0.574. The Morgan fingerprint density at radius 3 is 2.60 bits per heavy atom. The summed E-state index contributed by atoms with van der Waals surface area (Å²) in [5.41, 5.74) is 6.05. The first-order chi connectivity index (χ1) is 17.2. The van der Waals surface area contributed by atoms with Gasteiger partial charge in [-0.1, -0.05) is 6.07 Å². The zero-order valence-corrected chi connectivity index (χ0v) is 19.7. The van der Waals surface area contributed by atoms with Crippen molar-refractivity contribution in [1.82, 2.24) is 14.9 Å². The lowest BCUT2D eigenvalue weighted by atomic mass is 9.98. The molecule has 8 nitrogen and oxygen atoms in total. The minimum absolute atomic E-state index is 0.231. The van der Waals surface area contributed by atoms with E-state index in [0.717, 1.165) is 60.9 Å². The summed E-state index contributed by atoms with van der Waals surface area (Å²) in [6.07, 6.45) is 9.21. The van der Waals surface area contributed by atoms with Crippen molar-refractivity contribution in [2.45, 2.75) is 25.8 Å². The minimum Gasteiger partial charge on any atom is -0.366 e. The molecule has 3 aliphatic rings. The molecule has 1 amide bonds. The monoisotopic (exact) mass is 467 g/mol. The Balaban J connectivity index is 1.21. The van der Waals surface area contributed by atoms with Crippen LogP contribution < -0.4 is 15.5 Å². The highest BCUT2D eigenvalue weighted by atomic mass is 16.1. The van der Waals surface area contributed by atoms with Crippen LogP contribution in [0.2, 0.25) is 0 Å². The van der Waals surface area contributed by atoms with Crippen LogP contribution in [-0.2, 0) is 11.3 Å². The minimum atomic E-state index is -0.231. The number of carbonyl (C=O) groups excluding carboxylic acids is 1. The molecule has 1 aromatic carbocycles. The lowest BCUT2D eigenvalue weighted by molar-refractivity contribution is -0.110. The van der Waals surface area contributed by atoms with E-state index >= 15 is 0 Å². The molecule has 0 atom stereocenters. The molecular formula is C27H29N7O. The summed E-state index contributed by atoms with van der Waals surface area (Å²) in [6, 6.07) is 12.2. The number of rotatable bonds is 6. The second-order valence-corrected chi connectivity index (χ2v) is 9.37. The van der Waals surface area contributed by atoms with Gasteiger partial charge in [0.2, 0.25) is 0 Å². The third-order valence-corrected chi connectivity index (χ3v) is 6.92. The van der Waals surface area contributed by atoms with E-state index in [9.17, 15) is 4.79 Å². The summed E-state index contributed by atoms with van der Waals surface area (Å²) in [7, 11) is 0. The zero-order chi connectivity index (χ0) is 23.6. The molecule has 0 radical (unpaired) electrons. The van der Waals surface area contributed by atoms with Gasteiger partial charge in [-0.25, -0.2) is 4.98 Å². The fourth-order valence-electron chi connectivity index (χ4n) is 4.87. The van der Waals surface area contributed by atoms with E-state index in [1.165, 1.54) is 24.8 Å². The van der Waals surface area contributed by atoms with Crippen molar-refractivity contribution in [1.29, 1.82) is 0 Å². The third kappa shape index (κ3) is 4.61.